The molecule has 1 fully saturated rings. The van der Waals surface area contributed by atoms with E-state index in [-0.39, 0.29) is 34.2 Å². The van der Waals surface area contributed by atoms with Gasteiger partial charge in [-0.3, -0.25) is 4.79 Å². The van der Waals surface area contributed by atoms with Crippen LogP contribution in [0.5, 0.6) is 5.75 Å². The number of aromatic nitrogens is 2. The number of hydrogen-bond donors (Lipinski definition) is 1. The van der Waals surface area contributed by atoms with Crippen LogP contribution in [-0.4, -0.2) is 48.1 Å². The molecule has 1 aliphatic rings. The molecule has 4 rings (SSSR count). The molecule has 2 atom stereocenters. The molecular formula is C26H32N4O4S. The molecule has 1 N–H and O–H groups in total. The van der Waals surface area contributed by atoms with E-state index in [1.165, 1.54) is 17.5 Å². The van der Waals surface area contributed by atoms with Gasteiger partial charge in [-0.25, -0.2) is 13.1 Å². The summed E-state index contributed by atoms with van der Waals surface area (Å²) in [7, 11) is -2.38. The molecule has 9 heteroatoms. The average molecular weight is 497 g/mol. The lowest BCUT2D eigenvalue weighted by Crippen LogP contribution is -2.42. The van der Waals surface area contributed by atoms with E-state index >= 15 is 0 Å². The van der Waals surface area contributed by atoms with Crippen molar-refractivity contribution >= 4 is 15.9 Å². The zero-order valence-electron chi connectivity index (χ0n) is 20.6. The molecule has 0 spiro atoms. The van der Waals surface area contributed by atoms with Crippen LogP contribution in [0.4, 0.5) is 0 Å². The average Bonchev–Trinajstić information content (AvgIpc) is 3.25. The van der Waals surface area contributed by atoms with Crippen LogP contribution in [0.15, 0.2) is 59.6 Å². The van der Waals surface area contributed by atoms with Gasteiger partial charge in [-0.05, 0) is 63.9 Å². The number of carbonyl (C=O) groups is 1. The molecule has 186 valence electrons. The molecule has 1 saturated heterocycles. The predicted octanol–water partition coefficient (Wildman–Crippen LogP) is 4.24. The van der Waals surface area contributed by atoms with E-state index in [2.05, 4.69) is 10.4 Å². The van der Waals surface area contributed by atoms with Crippen LogP contribution in [0.1, 0.15) is 60.8 Å². The summed E-state index contributed by atoms with van der Waals surface area (Å²) in [5, 5.41) is 7.46. The van der Waals surface area contributed by atoms with Gasteiger partial charge in [0, 0.05) is 29.4 Å². The summed E-state index contributed by atoms with van der Waals surface area (Å²) in [5.74, 6) is -0.137. The summed E-state index contributed by atoms with van der Waals surface area (Å²) >= 11 is 0. The van der Waals surface area contributed by atoms with Crippen LogP contribution in [0.25, 0.3) is 5.69 Å². The van der Waals surface area contributed by atoms with Crippen LogP contribution < -0.4 is 10.1 Å². The van der Waals surface area contributed by atoms with E-state index in [9.17, 15) is 13.2 Å². The second kappa shape index (κ2) is 10.2. The number of benzene rings is 2. The first-order chi connectivity index (χ1) is 16.7. The molecule has 0 aliphatic carbocycles. The minimum absolute atomic E-state index is 0.0159. The van der Waals surface area contributed by atoms with Gasteiger partial charge >= 0.3 is 0 Å². The maximum absolute atomic E-state index is 13.5. The van der Waals surface area contributed by atoms with E-state index in [0.717, 1.165) is 36.2 Å². The lowest BCUT2D eigenvalue weighted by molar-refractivity contribution is 0.0939. The van der Waals surface area contributed by atoms with Crippen molar-refractivity contribution in [2.24, 2.45) is 0 Å². The summed E-state index contributed by atoms with van der Waals surface area (Å²) in [4.78, 5) is 13.2. The molecule has 2 heterocycles. The zero-order chi connectivity index (χ0) is 25.2. The first-order valence-electron chi connectivity index (χ1n) is 11.8. The van der Waals surface area contributed by atoms with Gasteiger partial charge in [0.05, 0.1) is 25.0 Å². The number of nitrogens with zero attached hydrogens (tertiary/aromatic N) is 3. The summed E-state index contributed by atoms with van der Waals surface area (Å²) in [6, 6.07) is 13.9. The monoisotopic (exact) mass is 496 g/mol. The molecule has 3 aromatic rings. The molecule has 1 aromatic heterocycles. The van der Waals surface area contributed by atoms with Crippen LogP contribution >= 0.6 is 0 Å². The smallest absolute Gasteiger partial charge is 0.251 e. The van der Waals surface area contributed by atoms with Crippen molar-refractivity contribution in [3.8, 4) is 11.4 Å². The highest BCUT2D eigenvalue weighted by Crippen LogP contribution is 2.32. The number of hydrogen-bond acceptors (Lipinski definition) is 5. The minimum Gasteiger partial charge on any atom is -0.495 e. The Kier molecular flexibility index (Phi) is 7.28. The highest BCUT2D eigenvalue weighted by Gasteiger charge is 2.33. The van der Waals surface area contributed by atoms with Gasteiger partial charge in [-0.2, -0.15) is 9.40 Å². The Morgan fingerprint density at radius 2 is 1.91 bits per heavy atom. The van der Waals surface area contributed by atoms with Crippen LogP contribution in [0.3, 0.4) is 0 Å². The van der Waals surface area contributed by atoms with Crippen molar-refractivity contribution in [1.29, 1.82) is 0 Å². The van der Waals surface area contributed by atoms with Gasteiger partial charge in [0.1, 0.15) is 10.6 Å². The Morgan fingerprint density at radius 3 is 2.60 bits per heavy atom. The fourth-order valence-electron chi connectivity index (χ4n) is 4.61. The molecule has 2 unspecified atom stereocenters. The van der Waals surface area contributed by atoms with E-state index < -0.39 is 10.0 Å². The predicted molar refractivity (Wildman–Crippen MR) is 134 cm³/mol. The van der Waals surface area contributed by atoms with E-state index in [4.69, 9.17) is 4.74 Å². The summed E-state index contributed by atoms with van der Waals surface area (Å²) in [5.41, 5.74) is 2.99. The fraction of sp³-hybridized carbons (Fsp3) is 0.385. The van der Waals surface area contributed by atoms with Crippen LogP contribution in [0.2, 0.25) is 0 Å². The molecule has 2 aromatic carbocycles. The number of amides is 1. The third kappa shape index (κ3) is 4.97. The number of para-hydroxylation sites is 1. The number of piperidine rings is 1. The van der Waals surface area contributed by atoms with Gasteiger partial charge in [-0.1, -0.05) is 24.6 Å². The maximum atomic E-state index is 13.5. The third-order valence-electron chi connectivity index (χ3n) is 6.62. The third-order valence-corrected chi connectivity index (χ3v) is 8.65. The lowest BCUT2D eigenvalue weighted by Gasteiger charge is -2.32. The van der Waals surface area contributed by atoms with Crippen molar-refractivity contribution in [2.45, 2.75) is 57.0 Å². The van der Waals surface area contributed by atoms with Crippen LogP contribution in [0, 0.1) is 6.92 Å². The van der Waals surface area contributed by atoms with Crippen molar-refractivity contribution in [2.75, 3.05) is 13.7 Å². The standard InChI is InChI=1S/C26H32N4O4S/c1-18-10-8-9-15-29(18)35(32,33)25-16-21(13-14-24(25)34-4)26(31)28-19(2)23-17-27-30(20(23)3)22-11-6-5-7-12-22/h5-7,11-14,16-19H,8-10,15H2,1-4H3,(H,28,31). The second-order valence-corrected chi connectivity index (χ2v) is 10.8. The van der Waals surface area contributed by atoms with Crippen molar-refractivity contribution in [3.63, 3.8) is 0 Å². The fourth-order valence-corrected chi connectivity index (χ4v) is 6.49. The van der Waals surface area contributed by atoms with Crippen molar-refractivity contribution < 1.29 is 17.9 Å². The molecule has 1 amide bonds. The quantitative estimate of drug-likeness (QED) is 0.528. The summed E-state index contributed by atoms with van der Waals surface area (Å²) in [6.07, 6.45) is 4.38. The van der Waals surface area contributed by atoms with E-state index in [1.807, 2.05) is 55.8 Å². The first kappa shape index (κ1) is 24.9. The highest BCUT2D eigenvalue weighted by atomic mass is 32.2. The Balaban J connectivity index is 1.58. The molecule has 8 nitrogen and oxygen atoms in total. The zero-order valence-corrected chi connectivity index (χ0v) is 21.4. The van der Waals surface area contributed by atoms with Gasteiger partial charge in [0.15, 0.2) is 0 Å². The Hall–Kier alpha value is -3.17. The summed E-state index contributed by atoms with van der Waals surface area (Å²) < 4.78 is 35.7. The van der Waals surface area contributed by atoms with Gasteiger partial charge < -0.3 is 10.1 Å². The Morgan fingerprint density at radius 1 is 1.17 bits per heavy atom. The van der Waals surface area contributed by atoms with Crippen molar-refractivity contribution in [1.82, 2.24) is 19.4 Å². The molecule has 0 radical (unpaired) electrons. The summed E-state index contributed by atoms with van der Waals surface area (Å²) in [6.45, 7) is 6.22. The SMILES string of the molecule is COc1ccc(C(=O)NC(C)c2cnn(-c3ccccc3)c2C)cc1S(=O)(=O)N1CCCCC1C. The number of ether oxygens (including phenoxy) is 1. The Labute approximate surface area is 207 Å². The first-order valence-corrected chi connectivity index (χ1v) is 13.3. The number of sulfonamides is 1. The van der Waals surface area contributed by atoms with E-state index in [0.29, 0.717) is 6.54 Å². The minimum atomic E-state index is -3.81. The molecule has 35 heavy (non-hydrogen) atoms. The molecule has 1 aliphatic heterocycles. The van der Waals surface area contributed by atoms with Gasteiger partial charge in [0.2, 0.25) is 10.0 Å². The number of methoxy groups -OCH3 is 1. The van der Waals surface area contributed by atoms with Crippen molar-refractivity contribution in [3.05, 3.63) is 71.5 Å². The van der Waals surface area contributed by atoms with E-state index in [1.54, 1.807) is 18.3 Å². The second-order valence-electron chi connectivity index (χ2n) is 8.95. The largest absolute Gasteiger partial charge is 0.495 e. The molecule has 0 saturated carbocycles. The number of rotatable bonds is 7. The maximum Gasteiger partial charge on any atom is 0.251 e. The molecular weight excluding hydrogens is 464 g/mol. The number of carbonyl (C=O) groups excluding carboxylic acids is 1. The van der Waals surface area contributed by atoms with Crippen LogP contribution in [-0.2, 0) is 10.0 Å². The number of nitrogens with one attached hydrogen (secondary N) is 1. The molecule has 0 bridgehead atoms. The van der Waals surface area contributed by atoms with Gasteiger partial charge in [-0.15, -0.1) is 0 Å². The Bertz CT molecular complexity index is 1300. The highest BCUT2D eigenvalue weighted by molar-refractivity contribution is 7.89. The normalized spacial score (nSPS) is 17.7. The van der Waals surface area contributed by atoms with Gasteiger partial charge in [0.25, 0.3) is 5.91 Å². The topological polar surface area (TPSA) is 93.5 Å². The lowest BCUT2D eigenvalue weighted by atomic mass is 10.1.